The minimum absolute atomic E-state index is 0.0566. The summed E-state index contributed by atoms with van der Waals surface area (Å²) in [6.07, 6.45) is 7.32. The highest BCUT2D eigenvalue weighted by Crippen LogP contribution is 2.40. The van der Waals surface area contributed by atoms with Gasteiger partial charge in [-0.25, -0.2) is 14.8 Å². The lowest BCUT2D eigenvalue weighted by molar-refractivity contribution is 0.146. The maximum atomic E-state index is 13.5. The van der Waals surface area contributed by atoms with E-state index in [0.29, 0.717) is 35.3 Å². The van der Waals surface area contributed by atoms with Crippen LogP contribution in [0.25, 0.3) is 11.2 Å². The van der Waals surface area contributed by atoms with Gasteiger partial charge in [-0.3, -0.25) is 4.57 Å². The van der Waals surface area contributed by atoms with Crippen molar-refractivity contribution in [3.05, 3.63) is 95.7 Å². The molecule has 228 valence electrons. The number of fused-ring (bicyclic) bond motifs is 1. The minimum Gasteiger partial charge on any atom is -0.480 e. The van der Waals surface area contributed by atoms with Gasteiger partial charge in [0.05, 0.1) is 13.3 Å². The van der Waals surface area contributed by atoms with Gasteiger partial charge in [0.25, 0.3) is 8.32 Å². The van der Waals surface area contributed by atoms with E-state index >= 15 is 0 Å². The lowest BCUT2D eigenvalue weighted by Crippen LogP contribution is -2.67. The number of rotatable bonds is 9. The van der Waals surface area contributed by atoms with Gasteiger partial charge in [-0.1, -0.05) is 94.3 Å². The normalized spacial score (nSPS) is 17.5. The van der Waals surface area contributed by atoms with Gasteiger partial charge in [0.2, 0.25) is 11.8 Å². The summed E-state index contributed by atoms with van der Waals surface area (Å²) in [5.41, 5.74) is 1.66. The number of pyridine rings is 1. The van der Waals surface area contributed by atoms with Crippen LogP contribution in [0.2, 0.25) is 5.04 Å². The van der Waals surface area contributed by atoms with Gasteiger partial charge in [0, 0.05) is 24.8 Å². The fraction of sp³-hybridized carbons (Fsp3) is 0.353. The monoisotopic (exact) mass is 608 g/mol. The highest BCUT2D eigenvalue weighted by Gasteiger charge is 2.50. The molecule has 1 fully saturated rings. The number of H-pyrrole nitrogens is 1. The fourth-order valence-corrected chi connectivity index (χ4v) is 11.4. The highest BCUT2D eigenvalue weighted by molar-refractivity contribution is 6.99. The Kier molecular flexibility index (Phi) is 8.37. The number of aromatic nitrogens is 5. The summed E-state index contributed by atoms with van der Waals surface area (Å²) in [6, 6.07) is 25.0. The van der Waals surface area contributed by atoms with Crippen molar-refractivity contribution >= 4 is 41.5 Å². The van der Waals surface area contributed by atoms with Crippen molar-refractivity contribution in [2.75, 3.05) is 19.0 Å². The maximum absolute atomic E-state index is 13.5. The van der Waals surface area contributed by atoms with Crippen LogP contribution in [0.15, 0.2) is 90.0 Å². The first-order valence-electron chi connectivity index (χ1n) is 15.3. The van der Waals surface area contributed by atoms with E-state index in [4.69, 9.17) is 14.1 Å². The molecule has 0 amide bonds. The van der Waals surface area contributed by atoms with Crippen LogP contribution in [0.4, 0.5) is 11.6 Å². The third-order valence-electron chi connectivity index (χ3n) is 8.80. The van der Waals surface area contributed by atoms with E-state index in [-0.39, 0.29) is 22.7 Å². The van der Waals surface area contributed by atoms with E-state index < -0.39 is 8.32 Å². The Morgan fingerprint density at radius 2 is 1.64 bits per heavy atom. The van der Waals surface area contributed by atoms with E-state index in [2.05, 4.69) is 102 Å². The third kappa shape index (κ3) is 5.55. The molecule has 0 radical (unpaired) electrons. The van der Waals surface area contributed by atoms with Crippen LogP contribution in [0.1, 0.15) is 52.5 Å². The summed E-state index contributed by atoms with van der Waals surface area (Å²) >= 11 is 0. The molecule has 1 aliphatic carbocycles. The molecule has 2 N–H and O–H groups in total. The molecule has 2 aromatic carbocycles. The Labute approximate surface area is 258 Å². The van der Waals surface area contributed by atoms with Crippen molar-refractivity contribution in [3.63, 3.8) is 0 Å². The first kappa shape index (κ1) is 29.8. The molecule has 5 aromatic rings. The molecular weight excluding hydrogens is 568 g/mol. The van der Waals surface area contributed by atoms with E-state index in [0.717, 1.165) is 25.7 Å². The second-order valence-corrected chi connectivity index (χ2v) is 16.8. The van der Waals surface area contributed by atoms with Crippen LogP contribution in [0, 0.1) is 5.92 Å². The molecule has 6 rings (SSSR count). The standard InChI is InChI=1S/C34H40N6O3Si/c1-34(2,3)44(25-15-7-5-8-16-25,26-17-9-6-10-18-26)43-23-24-14-11-12-20-29(24)40-30-28(38-33(40)41)22-36-32(39-30)37-27-19-13-21-35-31(27)42-4/h5-10,13,15-19,21-22,24,29H,11-12,14,20,23H2,1-4H3,(H,38,41)(H,36,37,39)/t24-,29-/m1/s1. The maximum Gasteiger partial charge on any atom is 0.327 e. The second-order valence-electron chi connectivity index (χ2n) is 12.5. The average Bonchev–Trinajstić information content (AvgIpc) is 3.37. The van der Waals surface area contributed by atoms with Gasteiger partial charge >= 0.3 is 5.69 Å². The van der Waals surface area contributed by atoms with Crippen molar-refractivity contribution in [1.29, 1.82) is 0 Å². The molecule has 1 saturated carbocycles. The summed E-state index contributed by atoms with van der Waals surface area (Å²) in [4.78, 5) is 30.0. The van der Waals surface area contributed by atoms with Crippen molar-refractivity contribution < 1.29 is 9.16 Å². The largest absolute Gasteiger partial charge is 0.480 e. The Balaban J connectivity index is 1.36. The smallest absolute Gasteiger partial charge is 0.327 e. The Morgan fingerprint density at radius 3 is 2.30 bits per heavy atom. The fourth-order valence-electron chi connectivity index (χ4n) is 6.77. The van der Waals surface area contributed by atoms with Crippen LogP contribution in [-0.2, 0) is 4.43 Å². The summed E-state index contributed by atoms with van der Waals surface area (Å²) in [7, 11) is -1.16. The van der Waals surface area contributed by atoms with Crippen molar-refractivity contribution in [2.24, 2.45) is 5.92 Å². The number of methoxy groups -OCH3 is 1. The SMILES string of the molecule is COc1ncccc1Nc1ncc2[nH]c(=O)n([C@@H]3CCCC[C@@H]3CO[Si](c3ccccc3)(c3ccccc3)C(C)(C)C)c2n1. The number of anilines is 2. The Bertz CT molecular complexity index is 1730. The van der Waals surface area contributed by atoms with Gasteiger partial charge in [0.15, 0.2) is 5.65 Å². The van der Waals surface area contributed by atoms with Gasteiger partial charge in [-0.15, -0.1) is 0 Å². The summed E-state index contributed by atoms with van der Waals surface area (Å²) in [6.45, 7) is 7.44. The summed E-state index contributed by atoms with van der Waals surface area (Å²) < 4.78 is 14.6. The molecule has 0 spiro atoms. The molecule has 1 aliphatic rings. The predicted molar refractivity (Wildman–Crippen MR) is 177 cm³/mol. The Hall–Kier alpha value is -4.28. The van der Waals surface area contributed by atoms with Gasteiger partial charge in [0.1, 0.15) is 11.2 Å². The van der Waals surface area contributed by atoms with Crippen LogP contribution >= 0.6 is 0 Å². The number of hydrogen-bond donors (Lipinski definition) is 2. The van der Waals surface area contributed by atoms with E-state index in [9.17, 15) is 4.79 Å². The zero-order chi connectivity index (χ0) is 30.7. The molecular formula is C34H40N6O3Si. The number of aromatic amines is 1. The number of hydrogen-bond acceptors (Lipinski definition) is 7. The predicted octanol–water partition coefficient (Wildman–Crippen LogP) is 5.57. The quantitative estimate of drug-likeness (QED) is 0.211. The third-order valence-corrected chi connectivity index (χ3v) is 13.8. The zero-order valence-corrected chi connectivity index (χ0v) is 26.8. The van der Waals surface area contributed by atoms with Crippen molar-refractivity contribution in [2.45, 2.75) is 57.5 Å². The zero-order valence-electron chi connectivity index (χ0n) is 25.8. The van der Waals surface area contributed by atoms with Gasteiger partial charge < -0.3 is 19.5 Å². The number of imidazole rings is 1. The van der Waals surface area contributed by atoms with Crippen LogP contribution in [0.5, 0.6) is 5.88 Å². The van der Waals surface area contributed by atoms with E-state index in [1.807, 2.05) is 16.7 Å². The summed E-state index contributed by atoms with van der Waals surface area (Å²) in [5, 5.41) is 5.59. The number of nitrogens with one attached hydrogen (secondary N) is 2. The molecule has 10 heteroatoms. The van der Waals surface area contributed by atoms with Crippen LogP contribution < -0.4 is 26.1 Å². The molecule has 3 heterocycles. The average molecular weight is 609 g/mol. The molecule has 2 atom stereocenters. The lowest BCUT2D eigenvalue weighted by atomic mass is 9.85. The van der Waals surface area contributed by atoms with E-state index in [1.54, 1.807) is 19.5 Å². The topological polar surface area (TPSA) is 107 Å². The van der Waals surface area contributed by atoms with Crippen LogP contribution in [-0.4, -0.2) is 46.5 Å². The highest BCUT2D eigenvalue weighted by atomic mass is 28.4. The number of ether oxygens (including phenoxy) is 1. The molecule has 3 aromatic heterocycles. The molecule has 0 unspecified atom stereocenters. The first-order chi connectivity index (χ1) is 21.3. The molecule has 44 heavy (non-hydrogen) atoms. The molecule has 0 bridgehead atoms. The minimum atomic E-state index is -2.72. The number of benzene rings is 2. The lowest BCUT2D eigenvalue weighted by Gasteiger charge is -2.44. The molecule has 9 nitrogen and oxygen atoms in total. The molecule has 0 saturated heterocycles. The van der Waals surface area contributed by atoms with Crippen LogP contribution in [0.3, 0.4) is 0 Å². The van der Waals surface area contributed by atoms with E-state index in [1.165, 1.54) is 10.4 Å². The van der Waals surface area contributed by atoms with Crippen molar-refractivity contribution in [3.8, 4) is 5.88 Å². The van der Waals surface area contributed by atoms with Gasteiger partial charge in [-0.2, -0.15) is 4.98 Å². The first-order valence-corrected chi connectivity index (χ1v) is 17.2. The Morgan fingerprint density at radius 1 is 0.955 bits per heavy atom. The van der Waals surface area contributed by atoms with Gasteiger partial charge in [-0.05, 0) is 40.4 Å². The number of nitrogens with zero attached hydrogens (tertiary/aromatic N) is 4. The second kappa shape index (κ2) is 12.4. The molecule has 0 aliphatic heterocycles. The summed E-state index contributed by atoms with van der Waals surface area (Å²) in [5.74, 6) is 0.954. The van der Waals surface area contributed by atoms with Crippen molar-refractivity contribution in [1.82, 2.24) is 24.5 Å².